The van der Waals surface area contributed by atoms with E-state index >= 15 is 0 Å². The highest BCUT2D eigenvalue weighted by Crippen LogP contribution is 1.98. The van der Waals surface area contributed by atoms with Crippen molar-refractivity contribution in [2.75, 3.05) is 53.0 Å². The molecule has 0 aromatic carbocycles. The highest BCUT2D eigenvalue weighted by molar-refractivity contribution is 14.0. The quantitative estimate of drug-likeness (QED) is 0.623. The van der Waals surface area contributed by atoms with Gasteiger partial charge in [0.15, 0.2) is 0 Å². The lowest BCUT2D eigenvalue weighted by Gasteiger charge is -2.26. The minimum Gasteiger partial charge on any atom is -0.379 e. The van der Waals surface area contributed by atoms with E-state index in [0.29, 0.717) is 0 Å². The van der Waals surface area contributed by atoms with E-state index in [1.165, 1.54) is 45.3 Å². The fraction of sp³-hybridized carbons (Fsp3) is 1.00. The van der Waals surface area contributed by atoms with Gasteiger partial charge >= 0.3 is 0 Å². The fourth-order valence-electron chi connectivity index (χ4n) is 1.79. The smallest absolute Gasteiger partial charge is 0.0594 e. The first-order valence-electron chi connectivity index (χ1n) is 7.73. The summed E-state index contributed by atoms with van der Waals surface area (Å²) in [6, 6.07) is 0. The standard InChI is InChI=1S/C8H17NO.C7H17N.HI/c1-2-3-4-9-5-7-10-8-6-9;1-4-6-7-8(3)5-2;/h2-8H2,1H3;4-7H2,1-3H3;1H. The zero-order valence-corrected chi connectivity index (χ0v) is 15.8. The van der Waals surface area contributed by atoms with Crippen LogP contribution in [0.15, 0.2) is 0 Å². The van der Waals surface area contributed by atoms with E-state index in [4.69, 9.17) is 4.74 Å². The molecule has 0 atom stereocenters. The van der Waals surface area contributed by atoms with Crippen molar-refractivity contribution in [1.29, 1.82) is 0 Å². The number of unbranched alkanes of at least 4 members (excludes halogenated alkanes) is 2. The van der Waals surface area contributed by atoms with E-state index in [1.807, 2.05) is 0 Å². The molecule has 1 saturated heterocycles. The van der Waals surface area contributed by atoms with Gasteiger partial charge in [0.1, 0.15) is 0 Å². The maximum atomic E-state index is 5.24. The van der Waals surface area contributed by atoms with Gasteiger partial charge in [-0.15, -0.1) is 24.0 Å². The first-order chi connectivity index (χ1) is 8.74. The minimum atomic E-state index is 0. The largest absolute Gasteiger partial charge is 0.379 e. The molecule has 0 aliphatic carbocycles. The maximum absolute atomic E-state index is 5.24. The molecule has 3 nitrogen and oxygen atoms in total. The van der Waals surface area contributed by atoms with Gasteiger partial charge in [-0.1, -0.05) is 33.6 Å². The molecule has 0 bridgehead atoms. The normalized spacial score (nSPS) is 15.6. The summed E-state index contributed by atoms with van der Waals surface area (Å²) in [5, 5.41) is 0. The number of morpholine rings is 1. The van der Waals surface area contributed by atoms with Gasteiger partial charge < -0.3 is 9.64 Å². The number of halogens is 1. The summed E-state index contributed by atoms with van der Waals surface area (Å²) in [5.41, 5.74) is 0. The lowest BCUT2D eigenvalue weighted by molar-refractivity contribution is 0.0373. The van der Waals surface area contributed by atoms with Crippen LogP contribution in [0.25, 0.3) is 0 Å². The molecule has 0 saturated carbocycles. The number of hydrogen-bond acceptors (Lipinski definition) is 3. The van der Waals surface area contributed by atoms with Crippen LogP contribution >= 0.6 is 24.0 Å². The molecule has 0 aromatic rings. The highest BCUT2D eigenvalue weighted by atomic mass is 127. The maximum Gasteiger partial charge on any atom is 0.0594 e. The molecule has 1 heterocycles. The third-order valence-corrected chi connectivity index (χ3v) is 3.36. The lowest BCUT2D eigenvalue weighted by Crippen LogP contribution is -2.36. The Labute approximate surface area is 138 Å². The molecular formula is C15H35IN2O. The van der Waals surface area contributed by atoms with Gasteiger partial charge in [-0.2, -0.15) is 0 Å². The van der Waals surface area contributed by atoms with Crippen LogP contribution in [-0.4, -0.2) is 62.8 Å². The van der Waals surface area contributed by atoms with E-state index in [2.05, 4.69) is 37.6 Å². The molecule has 0 unspecified atom stereocenters. The average Bonchev–Trinajstić information content (AvgIpc) is 2.44. The predicted molar refractivity (Wildman–Crippen MR) is 95.7 cm³/mol. The SMILES string of the molecule is CCCCN(C)CC.CCCCN1CCOCC1.I. The van der Waals surface area contributed by atoms with Crippen LogP contribution in [-0.2, 0) is 4.74 Å². The summed E-state index contributed by atoms with van der Waals surface area (Å²) in [5.74, 6) is 0. The molecule has 4 heteroatoms. The van der Waals surface area contributed by atoms with E-state index in [0.717, 1.165) is 26.3 Å². The van der Waals surface area contributed by atoms with Crippen LogP contribution in [0, 0.1) is 0 Å². The van der Waals surface area contributed by atoms with Gasteiger partial charge in [0.25, 0.3) is 0 Å². The molecular weight excluding hydrogens is 351 g/mol. The number of ether oxygens (including phenoxy) is 1. The average molecular weight is 386 g/mol. The van der Waals surface area contributed by atoms with E-state index in [9.17, 15) is 0 Å². The van der Waals surface area contributed by atoms with E-state index < -0.39 is 0 Å². The molecule has 1 aliphatic rings. The van der Waals surface area contributed by atoms with Crippen LogP contribution in [0.5, 0.6) is 0 Å². The van der Waals surface area contributed by atoms with Crippen LogP contribution < -0.4 is 0 Å². The molecule has 1 rings (SSSR count). The van der Waals surface area contributed by atoms with Crippen molar-refractivity contribution in [2.45, 2.75) is 46.5 Å². The first kappa shape index (κ1) is 21.9. The van der Waals surface area contributed by atoms with Crippen molar-refractivity contribution in [2.24, 2.45) is 0 Å². The second kappa shape index (κ2) is 16.7. The van der Waals surface area contributed by atoms with E-state index in [1.54, 1.807) is 0 Å². The van der Waals surface area contributed by atoms with Gasteiger partial charge in [-0.05, 0) is 39.5 Å². The molecule has 0 radical (unpaired) electrons. The summed E-state index contributed by atoms with van der Waals surface area (Å²) in [4.78, 5) is 4.82. The summed E-state index contributed by atoms with van der Waals surface area (Å²) < 4.78 is 5.24. The van der Waals surface area contributed by atoms with Gasteiger partial charge in [-0.3, -0.25) is 4.90 Å². The Balaban J connectivity index is 0. The third kappa shape index (κ3) is 14.8. The predicted octanol–water partition coefficient (Wildman–Crippen LogP) is 3.47. The Kier molecular flexibility index (Phi) is 19.2. The van der Waals surface area contributed by atoms with Gasteiger partial charge in [0, 0.05) is 13.1 Å². The second-order valence-corrected chi connectivity index (χ2v) is 5.06. The van der Waals surface area contributed by atoms with Crippen molar-refractivity contribution in [3.63, 3.8) is 0 Å². The zero-order chi connectivity index (χ0) is 13.6. The minimum absolute atomic E-state index is 0. The molecule has 118 valence electrons. The highest BCUT2D eigenvalue weighted by Gasteiger charge is 2.07. The number of rotatable bonds is 7. The first-order valence-corrected chi connectivity index (χ1v) is 7.73. The molecule has 0 spiro atoms. The van der Waals surface area contributed by atoms with Crippen molar-refractivity contribution >= 4 is 24.0 Å². The molecule has 0 N–H and O–H groups in total. The van der Waals surface area contributed by atoms with Gasteiger partial charge in [0.05, 0.1) is 13.2 Å². The Bertz CT molecular complexity index is 164. The monoisotopic (exact) mass is 386 g/mol. The van der Waals surface area contributed by atoms with Crippen molar-refractivity contribution < 1.29 is 4.74 Å². The lowest BCUT2D eigenvalue weighted by atomic mass is 10.3. The Morgan fingerprint density at radius 3 is 2.05 bits per heavy atom. The number of nitrogens with zero attached hydrogens (tertiary/aromatic N) is 2. The van der Waals surface area contributed by atoms with Crippen molar-refractivity contribution in [3.05, 3.63) is 0 Å². The molecule has 0 amide bonds. The third-order valence-electron chi connectivity index (χ3n) is 3.36. The zero-order valence-electron chi connectivity index (χ0n) is 13.5. The van der Waals surface area contributed by atoms with Crippen LogP contribution in [0.1, 0.15) is 46.5 Å². The molecule has 0 aromatic heterocycles. The summed E-state index contributed by atoms with van der Waals surface area (Å²) in [6.45, 7) is 14.5. The van der Waals surface area contributed by atoms with Gasteiger partial charge in [0.2, 0.25) is 0 Å². The number of hydrogen-bond donors (Lipinski definition) is 0. The summed E-state index contributed by atoms with van der Waals surface area (Å²) >= 11 is 0. The second-order valence-electron chi connectivity index (χ2n) is 5.06. The summed E-state index contributed by atoms with van der Waals surface area (Å²) in [6.07, 6.45) is 5.28. The van der Waals surface area contributed by atoms with Crippen LogP contribution in [0.2, 0.25) is 0 Å². The van der Waals surface area contributed by atoms with E-state index in [-0.39, 0.29) is 24.0 Å². The molecule has 19 heavy (non-hydrogen) atoms. The Hall–Kier alpha value is 0.610. The molecule has 1 aliphatic heterocycles. The Morgan fingerprint density at radius 1 is 1.00 bits per heavy atom. The van der Waals surface area contributed by atoms with Crippen molar-refractivity contribution in [1.82, 2.24) is 9.80 Å². The topological polar surface area (TPSA) is 15.7 Å². The molecule has 1 fully saturated rings. The van der Waals surface area contributed by atoms with Crippen LogP contribution in [0.4, 0.5) is 0 Å². The summed E-state index contributed by atoms with van der Waals surface area (Å²) in [7, 11) is 2.16. The van der Waals surface area contributed by atoms with Crippen LogP contribution in [0.3, 0.4) is 0 Å². The van der Waals surface area contributed by atoms with Crippen molar-refractivity contribution in [3.8, 4) is 0 Å². The fourth-order valence-corrected chi connectivity index (χ4v) is 1.79. The van der Waals surface area contributed by atoms with Gasteiger partial charge in [-0.25, -0.2) is 0 Å². The Morgan fingerprint density at radius 2 is 1.58 bits per heavy atom.